The summed E-state index contributed by atoms with van der Waals surface area (Å²) in [6.45, 7) is 3.53. The maximum absolute atomic E-state index is 10.9. The van der Waals surface area contributed by atoms with Crippen molar-refractivity contribution in [2.45, 2.75) is 19.3 Å². The van der Waals surface area contributed by atoms with Gasteiger partial charge in [0.25, 0.3) is 0 Å². The lowest BCUT2D eigenvalue weighted by molar-refractivity contribution is -0.124. The molecule has 0 rings (SSSR count). The van der Waals surface area contributed by atoms with Crippen LogP contribution in [0.4, 0.5) is 0 Å². The van der Waals surface area contributed by atoms with Gasteiger partial charge in [-0.2, -0.15) is 0 Å². The highest BCUT2D eigenvalue weighted by molar-refractivity contribution is 5.85. The summed E-state index contributed by atoms with van der Waals surface area (Å²) in [5.74, 6) is -0.0550. The molecule has 0 spiro atoms. The normalized spacial score (nSPS) is 9.62. The molecule has 0 bridgehead atoms. The van der Waals surface area contributed by atoms with Gasteiger partial charge in [0.2, 0.25) is 5.91 Å². The van der Waals surface area contributed by atoms with E-state index in [9.17, 15) is 4.79 Å². The fourth-order valence-electron chi connectivity index (χ4n) is 1.14. The van der Waals surface area contributed by atoms with E-state index in [0.717, 1.165) is 38.9 Å². The molecule has 5 nitrogen and oxygen atoms in total. The molecule has 6 heteroatoms. The Balaban J connectivity index is 0. The van der Waals surface area contributed by atoms with Crippen LogP contribution >= 0.6 is 12.4 Å². The van der Waals surface area contributed by atoms with Crippen LogP contribution in [0.2, 0.25) is 0 Å². The molecule has 16 heavy (non-hydrogen) atoms. The molecule has 0 radical (unpaired) electrons. The molecular weight excluding hydrogens is 230 g/mol. The van der Waals surface area contributed by atoms with E-state index in [4.69, 9.17) is 5.73 Å². The van der Waals surface area contributed by atoms with E-state index in [1.54, 1.807) is 0 Å². The van der Waals surface area contributed by atoms with Gasteiger partial charge in [0.05, 0.1) is 0 Å². The molecule has 0 fully saturated rings. The number of hydrogen-bond acceptors (Lipinski definition) is 4. The van der Waals surface area contributed by atoms with Crippen molar-refractivity contribution in [3.8, 4) is 0 Å². The van der Waals surface area contributed by atoms with Gasteiger partial charge in [-0.1, -0.05) is 0 Å². The van der Waals surface area contributed by atoms with E-state index in [0.29, 0.717) is 6.54 Å². The van der Waals surface area contributed by atoms with Crippen LogP contribution in [0.5, 0.6) is 0 Å². The molecule has 98 valence electrons. The van der Waals surface area contributed by atoms with Crippen LogP contribution in [-0.2, 0) is 9.53 Å². The topological polar surface area (TPSA) is 76.4 Å². The van der Waals surface area contributed by atoms with Crippen LogP contribution in [-0.4, -0.2) is 45.8 Å². The van der Waals surface area contributed by atoms with Crippen LogP contribution < -0.4 is 16.4 Å². The molecule has 0 aromatic carbocycles. The molecule has 0 saturated heterocycles. The minimum atomic E-state index is -0.0550. The van der Waals surface area contributed by atoms with Crippen molar-refractivity contribution in [3.63, 3.8) is 0 Å². The van der Waals surface area contributed by atoms with E-state index >= 15 is 0 Å². The van der Waals surface area contributed by atoms with Gasteiger partial charge in [-0.3, -0.25) is 4.79 Å². The van der Waals surface area contributed by atoms with Gasteiger partial charge in [-0.15, -0.1) is 12.4 Å². The lowest BCUT2D eigenvalue weighted by Crippen LogP contribution is -2.30. The largest absolute Gasteiger partial charge is 0.375 e. The first-order valence-corrected chi connectivity index (χ1v) is 5.47. The molecule has 0 aromatic heterocycles. The molecule has 0 aliphatic heterocycles. The van der Waals surface area contributed by atoms with E-state index in [-0.39, 0.29) is 24.9 Å². The average molecular weight is 254 g/mol. The second-order valence-corrected chi connectivity index (χ2v) is 3.38. The van der Waals surface area contributed by atoms with Crippen LogP contribution in [0, 0.1) is 0 Å². The predicted molar refractivity (Wildman–Crippen MR) is 67.9 cm³/mol. The van der Waals surface area contributed by atoms with Gasteiger partial charge < -0.3 is 21.1 Å². The Labute approximate surface area is 104 Å². The maximum atomic E-state index is 10.9. The standard InChI is InChI=1S/C10H23N3O2.ClH/c1-15-9-10(14)13-8-4-7-12-6-3-2-5-11;/h12H,2-9,11H2,1H3,(H,13,14);1H. The molecular formula is C10H24ClN3O2. The molecule has 0 heterocycles. The molecule has 0 aliphatic carbocycles. The molecule has 0 aliphatic rings. The van der Waals surface area contributed by atoms with Crippen molar-refractivity contribution >= 4 is 18.3 Å². The number of methoxy groups -OCH3 is 1. The number of carbonyl (C=O) groups excluding carboxylic acids is 1. The third kappa shape index (κ3) is 13.6. The van der Waals surface area contributed by atoms with Crippen molar-refractivity contribution < 1.29 is 9.53 Å². The number of nitrogens with two attached hydrogens (primary N) is 1. The summed E-state index contributed by atoms with van der Waals surface area (Å²) in [6.07, 6.45) is 3.13. The lowest BCUT2D eigenvalue weighted by Gasteiger charge is -2.05. The second-order valence-electron chi connectivity index (χ2n) is 3.38. The Morgan fingerprint density at radius 3 is 2.50 bits per heavy atom. The first-order chi connectivity index (χ1) is 7.31. The zero-order valence-electron chi connectivity index (χ0n) is 9.96. The number of carbonyl (C=O) groups is 1. The number of nitrogens with one attached hydrogen (secondary N) is 2. The number of halogens is 1. The lowest BCUT2D eigenvalue weighted by atomic mass is 10.3. The Kier molecular flexibility index (Phi) is 16.5. The molecule has 0 unspecified atom stereocenters. The van der Waals surface area contributed by atoms with E-state index < -0.39 is 0 Å². The van der Waals surface area contributed by atoms with Gasteiger partial charge in [0, 0.05) is 13.7 Å². The molecule has 0 atom stereocenters. The fourth-order valence-corrected chi connectivity index (χ4v) is 1.14. The van der Waals surface area contributed by atoms with Gasteiger partial charge >= 0.3 is 0 Å². The first-order valence-electron chi connectivity index (χ1n) is 5.47. The highest BCUT2D eigenvalue weighted by Gasteiger charge is 1.97. The maximum Gasteiger partial charge on any atom is 0.245 e. The molecule has 0 saturated carbocycles. The zero-order chi connectivity index (χ0) is 11.4. The minimum absolute atomic E-state index is 0. The minimum Gasteiger partial charge on any atom is -0.375 e. The number of hydrogen-bond donors (Lipinski definition) is 3. The summed E-state index contributed by atoms with van der Waals surface area (Å²) in [5.41, 5.74) is 5.37. The summed E-state index contributed by atoms with van der Waals surface area (Å²) in [5, 5.41) is 6.05. The van der Waals surface area contributed by atoms with Gasteiger partial charge in [-0.25, -0.2) is 0 Å². The van der Waals surface area contributed by atoms with Crippen molar-refractivity contribution in [2.75, 3.05) is 39.9 Å². The highest BCUT2D eigenvalue weighted by Crippen LogP contribution is 1.82. The first kappa shape index (κ1) is 18.0. The zero-order valence-corrected chi connectivity index (χ0v) is 10.8. The van der Waals surface area contributed by atoms with Gasteiger partial charge in [0.15, 0.2) is 0 Å². The summed E-state index contributed by atoms with van der Waals surface area (Å²) in [6, 6.07) is 0. The van der Waals surface area contributed by atoms with Crippen LogP contribution in [0.3, 0.4) is 0 Å². The SMILES string of the molecule is COCC(=O)NCCCNCCCCN.Cl. The van der Waals surface area contributed by atoms with Crippen LogP contribution in [0.25, 0.3) is 0 Å². The Morgan fingerprint density at radius 1 is 1.19 bits per heavy atom. The number of unbranched alkanes of at least 4 members (excludes halogenated alkanes) is 1. The van der Waals surface area contributed by atoms with E-state index in [2.05, 4.69) is 15.4 Å². The Hall–Kier alpha value is -0.360. The highest BCUT2D eigenvalue weighted by atomic mass is 35.5. The monoisotopic (exact) mass is 253 g/mol. The molecule has 0 aromatic rings. The van der Waals surface area contributed by atoms with E-state index in [1.807, 2.05) is 0 Å². The number of amides is 1. The number of rotatable bonds is 10. The molecule has 1 amide bonds. The van der Waals surface area contributed by atoms with Crippen LogP contribution in [0.15, 0.2) is 0 Å². The van der Waals surface area contributed by atoms with Gasteiger partial charge in [-0.05, 0) is 38.9 Å². The summed E-state index contributed by atoms with van der Waals surface area (Å²) in [4.78, 5) is 10.9. The van der Waals surface area contributed by atoms with Crippen molar-refractivity contribution in [1.82, 2.24) is 10.6 Å². The van der Waals surface area contributed by atoms with Crippen molar-refractivity contribution in [1.29, 1.82) is 0 Å². The van der Waals surface area contributed by atoms with Crippen molar-refractivity contribution in [3.05, 3.63) is 0 Å². The molecule has 4 N–H and O–H groups in total. The Bertz CT molecular complexity index is 159. The average Bonchev–Trinajstić information content (AvgIpc) is 2.22. The summed E-state index contributed by atoms with van der Waals surface area (Å²) < 4.78 is 4.69. The summed E-state index contributed by atoms with van der Waals surface area (Å²) in [7, 11) is 1.51. The summed E-state index contributed by atoms with van der Waals surface area (Å²) >= 11 is 0. The van der Waals surface area contributed by atoms with Crippen LogP contribution in [0.1, 0.15) is 19.3 Å². The smallest absolute Gasteiger partial charge is 0.245 e. The third-order valence-electron chi connectivity index (χ3n) is 1.94. The fraction of sp³-hybridized carbons (Fsp3) is 0.900. The van der Waals surface area contributed by atoms with Gasteiger partial charge in [0.1, 0.15) is 6.61 Å². The van der Waals surface area contributed by atoms with E-state index in [1.165, 1.54) is 7.11 Å². The Morgan fingerprint density at radius 2 is 1.88 bits per heavy atom. The quantitative estimate of drug-likeness (QED) is 0.475. The van der Waals surface area contributed by atoms with Crippen molar-refractivity contribution in [2.24, 2.45) is 5.73 Å². The second kappa shape index (κ2) is 14.6. The third-order valence-corrected chi connectivity index (χ3v) is 1.94. The number of ether oxygens (including phenoxy) is 1. The predicted octanol–water partition coefficient (Wildman–Crippen LogP) is -0.111.